The standard InChI is InChI=1S/C17H18Cl2N4O2/c1-10(20-2)7-15-22-17(25-23-15)6-5-16-21-9-14(24-16)12-4-3-11(18)8-13(12)19/h3-4,8-10,20H,5-7H2,1-2H3. The number of likely N-dealkylation sites (N-methyl/N-ethyl adjacent to an activating group) is 1. The summed E-state index contributed by atoms with van der Waals surface area (Å²) in [5.74, 6) is 2.45. The molecule has 0 aliphatic carbocycles. The number of nitrogens with one attached hydrogen (secondary N) is 1. The molecule has 1 aromatic carbocycles. The minimum Gasteiger partial charge on any atom is -0.441 e. The third-order valence-corrected chi connectivity index (χ3v) is 4.34. The van der Waals surface area contributed by atoms with E-state index < -0.39 is 0 Å². The number of aromatic nitrogens is 3. The number of rotatable bonds is 7. The molecule has 0 fully saturated rings. The van der Waals surface area contributed by atoms with Crippen LogP contribution in [0.5, 0.6) is 0 Å². The summed E-state index contributed by atoms with van der Waals surface area (Å²) in [6.45, 7) is 2.06. The molecule has 0 spiro atoms. The highest BCUT2D eigenvalue weighted by molar-refractivity contribution is 6.36. The SMILES string of the molecule is CNC(C)Cc1noc(CCc2ncc(-c3ccc(Cl)cc3Cl)o2)n1. The zero-order valence-electron chi connectivity index (χ0n) is 13.9. The predicted octanol–water partition coefficient (Wildman–Crippen LogP) is 3.97. The minimum atomic E-state index is 0.295. The average Bonchev–Trinajstić information content (AvgIpc) is 3.22. The molecule has 0 bridgehead atoms. The number of nitrogens with zero attached hydrogens (tertiary/aromatic N) is 3. The third kappa shape index (κ3) is 4.60. The van der Waals surface area contributed by atoms with E-state index in [9.17, 15) is 0 Å². The fraction of sp³-hybridized carbons (Fsp3) is 0.353. The fourth-order valence-corrected chi connectivity index (χ4v) is 2.81. The van der Waals surface area contributed by atoms with Gasteiger partial charge >= 0.3 is 0 Å². The first-order valence-corrected chi connectivity index (χ1v) is 8.69. The van der Waals surface area contributed by atoms with Gasteiger partial charge in [-0.2, -0.15) is 4.98 Å². The lowest BCUT2D eigenvalue weighted by molar-refractivity contribution is 0.366. The molecule has 132 valence electrons. The maximum atomic E-state index is 6.19. The number of hydrogen-bond donors (Lipinski definition) is 1. The summed E-state index contributed by atoms with van der Waals surface area (Å²) in [6.07, 6.45) is 3.50. The molecule has 6 nitrogen and oxygen atoms in total. The second-order valence-electron chi connectivity index (χ2n) is 5.74. The van der Waals surface area contributed by atoms with Gasteiger partial charge in [0.05, 0.1) is 11.2 Å². The van der Waals surface area contributed by atoms with Crippen molar-refractivity contribution >= 4 is 23.2 Å². The quantitative estimate of drug-likeness (QED) is 0.668. The topological polar surface area (TPSA) is 77.0 Å². The molecule has 0 aliphatic rings. The number of hydrogen-bond acceptors (Lipinski definition) is 6. The Labute approximate surface area is 155 Å². The van der Waals surface area contributed by atoms with Crippen LogP contribution in [0.25, 0.3) is 11.3 Å². The maximum Gasteiger partial charge on any atom is 0.227 e. The van der Waals surface area contributed by atoms with Crippen molar-refractivity contribution in [2.24, 2.45) is 0 Å². The number of oxazole rings is 1. The van der Waals surface area contributed by atoms with Gasteiger partial charge in [0.15, 0.2) is 17.5 Å². The molecular formula is C17H18Cl2N4O2. The highest BCUT2D eigenvalue weighted by Crippen LogP contribution is 2.30. The Bertz CT molecular complexity index is 847. The summed E-state index contributed by atoms with van der Waals surface area (Å²) in [4.78, 5) is 8.66. The summed E-state index contributed by atoms with van der Waals surface area (Å²) in [5.41, 5.74) is 0.756. The third-order valence-electron chi connectivity index (χ3n) is 3.79. The van der Waals surface area contributed by atoms with Crippen LogP contribution in [0.1, 0.15) is 24.5 Å². The van der Waals surface area contributed by atoms with Gasteiger partial charge in [-0.25, -0.2) is 4.98 Å². The first kappa shape index (κ1) is 17.9. The van der Waals surface area contributed by atoms with Crippen LogP contribution in [0.3, 0.4) is 0 Å². The highest BCUT2D eigenvalue weighted by atomic mass is 35.5. The summed E-state index contributed by atoms with van der Waals surface area (Å²) >= 11 is 12.1. The first-order chi connectivity index (χ1) is 12.0. The minimum absolute atomic E-state index is 0.295. The first-order valence-electron chi connectivity index (χ1n) is 7.94. The van der Waals surface area contributed by atoms with Crippen LogP contribution in [-0.4, -0.2) is 28.2 Å². The van der Waals surface area contributed by atoms with Crippen molar-refractivity contribution in [2.75, 3.05) is 7.05 Å². The second-order valence-corrected chi connectivity index (χ2v) is 6.58. The van der Waals surface area contributed by atoms with Crippen molar-refractivity contribution in [1.82, 2.24) is 20.4 Å². The normalized spacial score (nSPS) is 12.5. The lowest BCUT2D eigenvalue weighted by Crippen LogP contribution is -2.24. The molecule has 0 amide bonds. The van der Waals surface area contributed by atoms with E-state index in [-0.39, 0.29) is 0 Å². The van der Waals surface area contributed by atoms with Crippen molar-refractivity contribution in [1.29, 1.82) is 0 Å². The Hall–Kier alpha value is -1.89. The summed E-state index contributed by atoms with van der Waals surface area (Å²) < 4.78 is 11.0. The van der Waals surface area contributed by atoms with E-state index in [4.69, 9.17) is 32.1 Å². The average molecular weight is 381 g/mol. The largest absolute Gasteiger partial charge is 0.441 e. The molecule has 0 saturated heterocycles. The van der Waals surface area contributed by atoms with E-state index in [1.54, 1.807) is 18.3 Å². The molecule has 1 unspecified atom stereocenters. The van der Waals surface area contributed by atoms with Crippen LogP contribution in [-0.2, 0) is 19.3 Å². The Kier molecular flexibility index (Phi) is 5.73. The van der Waals surface area contributed by atoms with Crippen molar-refractivity contribution < 1.29 is 8.94 Å². The molecule has 1 N–H and O–H groups in total. The van der Waals surface area contributed by atoms with Gasteiger partial charge in [0, 0.05) is 35.9 Å². The molecule has 0 radical (unpaired) electrons. The molecule has 0 aliphatic heterocycles. The molecule has 2 heterocycles. The Morgan fingerprint density at radius 2 is 2.00 bits per heavy atom. The van der Waals surface area contributed by atoms with E-state index in [0.717, 1.165) is 12.0 Å². The molecular weight excluding hydrogens is 363 g/mol. The molecule has 25 heavy (non-hydrogen) atoms. The van der Waals surface area contributed by atoms with E-state index in [0.29, 0.717) is 52.3 Å². The molecule has 8 heteroatoms. The Morgan fingerprint density at radius 3 is 2.76 bits per heavy atom. The lowest BCUT2D eigenvalue weighted by Gasteiger charge is -2.04. The smallest absolute Gasteiger partial charge is 0.227 e. The van der Waals surface area contributed by atoms with E-state index in [1.807, 2.05) is 13.1 Å². The second kappa shape index (κ2) is 7.99. The van der Waals surface area contributed by atoms with Crippen LogP contribution < -0.4 is 5.32 Å². The number of benzene rings is 1. The van der Waals surface area contributed by atoms with Gasteiger partial charge in [-0.1, -0.05) is 28.4 Å². The van der Waals surface area contributed by atoms with Gasteiger partial charge in [0.25, 0.3) is 0 Å². The van der Waals surface area contributed by atoms with Gasteiger partial charge < -0.3 is 14.3 Å². The number of aryl methyl sites for hydroxylation is 2. The molecule has 3 rings (SSSR count). The van der Waals surface area contributed by atoms with Gasteiger partial charge in [-0.3, -0.25) is 0 Å². The molecule has 3 aromatic rings. The Balaban J connectivity index is 1.62. The molecule has 1 atom stereocenters. The van der Waals surface area contributed by atoms with Crippen molar-refractivity contribution in [3.05, 3.63) is 52.0 Å². The van der Waals surface area contributed by atoms with Crippen molar-refractivity contribution in [2.45, 2.75) is 32.2 Å². The van der Waals surface area contributed by atoms with Crippen molar-refractivity contribution in [3.8, 4) is 11.3 Å². The monoisotopic (exact) mass is 380 g/mol. The number of halogens is 2. The Morgan fingerprint density at radius 1 is 1.20 bits per heavy atom. The van der Waals surface area contributed by atoms with Crippen LogP contribution in [0.4, 0.5) is 0 Å². The van der Waals surface area contributed by atoms with E-state index in [1.165, 1.54) is 0 Å². The van der Waals surface area contributed by atoms with Crippen LogP contribution >= 0.6 is 23.2 Å². The zero-order chi connectivity index (χ0) is 17.8. The van der Waals surface area contributed by atoms with E-state index in [2.05, 4.69) is 27.4 Å². The lowest BCUT2D eigenvalue weighted by atomic mass is 10.2. The fourth-order valence-electron chi connectivity index (χ4n) is 2.30. The summed E-state index contributed by atoms with van der Waals surface area (Å²) in [6, 6.07) is 5.54. The summed E-state index contributed by atoms with van der Waals surface area (Å²) in [7, 11) is 1.90. The molecule has 2 aromatic heterocycles. The van der Waals surface area contributed by atoms with Gasteiger partial charge in [0.2, 0.25) is 5.89 Å². The van der Waals surface area contributed by atoms with Crippen LogP contribution in [0.2, 0.25) is 10.0 Å². The van der Waals surface area contributed by atoms with Crippen molar-refractivity contribution in [3.63, 3.8) is 0 Å². The van der Waals surface area contributed by atoms with Gasteiger partial charge in [-0.15, -0.1) is 0 Å². The predicted molar refractivity (Wildman–Crippen MR) is 95.9 cm³/mol. The van der Waals surface area contributed by atoms with Gasteiger partial charge in [0.1, 0.15) is 0 Å². The highest BCUT2D eigenvalue weighted by Gasteiger charge is 2.13. The van der Waals surface area contributed by atoms with Crippen LogP contribution in [0, 0.1) is 0 Å². The van der Waals surface area contributed by atoms with Crippen LogP contribution in [0.15, 0.2) is 33.3 Å². The summed E-state index contributed by atoms with van der Waals surface area (Å²) in [5, 5.41) is 8.22. The molecule has 0 saturated carbocycles. The van der Waals surface area contributed by atoms with E-state index >= 15 is 0 Å². The zero-order valence-corrected chi connectivity index (χ0v) is 15.4. The maximum absolute atomic E-state index is 6.19. The van der Waals surface area contributed by atoms with Gasteiger partial charge in [-0.05, 0) is 32.2 Å².